The highest BCUT2D eigenvalue weighted by atomic mass is 16.5. The molecule has 2 heterocycles. The van der Waals surface area contributed by atoms with E-state index in [0.717, 1.165) is 44.2 Å². The molecular weight excluding hydrogens is 276 g/mol. The number of furan rings is 1. The third-order valence-electron chi connectivity index (χ3n) is 3.99. The normalized spacial score (nSPS) is 16.3. The Hall–Kier alpha value is -2.20. The van der Waals surface area contributed by atoms with Gasteiger partial charge in [-0.1, -0.05) is 18.2 Å². The molecule has 1 aromatic heterocycles. The molecule has 1 aromatic carbocycles. The van der Waals surface area contributed by atoms with Gasteiger partial charge >= 0.3 is 0 Å². The molecule has 0 N–H and O–H groups in total. The number of anilines is 1. The van der Waals surface area contributed by atoms with Crippen LogP contribution in [0.3, 0.4) is 0 Å². The summed E-state index contributed by atoms with van der Waals surface area (Å²) in [5.74, 6) is 1.86. The van der Waals surface area contributed by atoms with E-state index >= 15 is 0 Å². The van der Waals surface area contributed by atoms with Gasteiger partial charge in [0.15, 0.2) is 0 Å². The maximum absolute atomic E-state index is 5.45. The maximum Gasteiger partial charge on any atom is 0.142 e. The van der Waals surface area contributed by atoms with Crippen molar-refractivity contribution < 1.29 is 9.15 Å². The van der Waals surface area contributed by atoms with Gasteiger partial charge in [0, 0.05) is 32.7 Å². The second-order valence-corrected chi connectivity index (χ2v) is 5.38. The Morgan fingerprint density at radius 1 is 1.09 bits per heavy atom. The minimum Gasteiger partial charge on any atom is -0.495 e. The van der Waals surface area contributed by atoms with Crippen LogP contribution in [0.2, 0.25) is 0 Å². The highest BCUT2D eigenvalue weighted by Gasteiger charge is 2.18. The minimum atomic E-state index is 0.910. The van der Waals surface area contributed by atoms with Crippen molar-refractivity contribution in [2.24, 2.45) is 0 Å². The molecule has 116 valence electrons. The number of hydrogen-bond acceptors (Lipinski definition) is 4. The Kier molecular flexibility index (Phi) is 4.81. The van der Waals surface area contributed by atoms with E-state index < -0.39 is 0 Å². The average molecular weight is 298 g/mol. The van der Waals surface area contributed by atoms with Crippen LogP contribution < -0.4 is 9.64 Å². The molecule has 0 saturated carbocycles. The summed E-state index contributed by atoms with van der Waals surface area (Å²) in [5.41, 5.74) is 1.19. The number of rotatable bonds is 5. The second-order valence-electron chi connectivity index (χ2n) is 5.38. The van der Waals surface area contributed by atoms with Crippen LogP contribution >= 0.6 is 0 Å². The van der Waals surface area contributed by atoms with E-state index in [4.69, 9.17) is 9.15 Å². The first-order valence-electron chi connectivity index (χ1n) is 7.67. The summed E-state index contributed by atoms with van der Waals surface area (Å²) < 4.78 is 10.8. The van der Waals surface area contributed by atoms with Gasteiger partial charge < -0.3 is 14.1 Å². The molecule has 3 rings (SSSR count). The molecule has 4 nitrogen and oxygen atoms in total. The van der Waals surface area contributed by atoms with Gasteiger partial charge in [0.1, 0.15) is 11.5 Å². The molecule has 0 atom stereocenters. The zero-order valence-electron chi connectivity index (χ0n) is 12.9. The Balaban J connectivity index is 1.52. The number of benzene rings is 1. The van der Waals surface area contributed by atoms with Crippen LogP contribution in [0.5, 0.6) is 5.75 Å². The van der Waals surface area contributed by atoms with Crippen molar-refractivity contribution in [3.8, 4) is 5.75 Å². The van der Waals surface area contributed by atoms with Crippen LogP contribution in [-0.4, -0.2) is 44.7 Å². The van der Waals surface area contributed by atoms with Crippen LogP contribution in [0.1, 0.15) is 5.76 Å². The molecule has 22 heavy (non-hydrogen) atoms. The lowest BCUT2D eigenvalue weighted by atomic mass is 10.2. The van der Waals surface area contributed by atoms with Gasteiger partial charge in [-0.25, -0.2) is 0 Å². The average Bonchev–Trinajstić information content (AvgIpc) is 3.09. The molecule has 1 fully saturated rings. The van der Waals surface area contributed by atoms with E-state index in [1.807, 2.05) is 30.3 Å². The van der Waals surface area contributed by atoms with E-state index in [1.54, 1.807) is 13.4 Å². The third kappa shape index (κ3) is 3.52. The smallest absolute Gasteiger partial charge is 0.142 e. The number of ether oxygens (including phenoxy) is 1. The third-order valence-corrected chi connectivity index (χ3v) is 3.99. The topological polar surface area (TPSA) is 28.9 Å². The van der Waals surface area contributed by atoms with Crippen LogP contribution in [-0.2, 0) is 0 Å². The van der Waals surface area contributed by atoms with Crippen molar-refractivity contribution in [1.82, 2.24) is 4.90 Å². The van der Waals surface area contributed by atoms with E-state index in [0.29, 0.717) is 0 Å². The van der Waals surface area contributed by atoms with Gasteiger partial charge in [0.25, 0.3) is 0 Å². The van der Waals surface area contributed by atoms with Gasteiger partial charge in [-0.15, -0.1) is 0 Å². The Morgan fingerprint density at radius 2 is 1.91 bits per heavy atom. The SMILES string of the molecule is COc1ccccc1N1CCN(C/C=C/c2ccco2)CC1. The van der Waals surface area contributed by atoms with Gasteiger partial charge in [0.2, 0.25) is 0 Å². The standard InChI is InChI=1S/C18H22N2O2/c1-21-18-9-3-2-8-17(18)20-13-11-19(12-14-20)10-4-6-16-7-5-15-22-16/h2-9,15H,10-14H2,1H3/b6-4+. The summed E-state index contributed by atoms with van der Waals surface area (Å²) in [4.78, 5) is 4.84. The second kappa shape index (κ2) is 7.18. The van der Waals surface area contributed by atoms with E-state index in [1.165, 1.54) is 5.69 Å². The number of piperazine rings is 1. The fourth-order valence-corrected chi connectivity index (χ4v) is 2.77. The summed E-state index contributed by atoms with van der Waals surface area (Å²) in [5, 5.41) is 0. The van der Waals surface area contributed by atoms with Gasteiger partial charge in [-0.05, 0) is 30.3 Å². The lowest BCUT2D eigenvalue weighted by molar-refractivity contribution is 0.283. The van der Waals surface area contributed by atoms with Crippen LogP contribution in [0, 0.1) is 0 Å². The molecule has 0 radical (unpaired) electrons. The van der Waals surface area contributed by atoms with Crippen LogP contribution in [0.15, 0.2) is 53.2 Å². The number of para-hydroxylation sites is 2. The lowest BCUT2D eigenvalue weighted by Crippen LogP contribution is -2.46. The number of hydrogen-bond donors (Lipinski definition) is 0. The van der Waals surface area contributed by atoms with E-state index in [2.05, 4.69) is 28.0 Å². The van der Waals surface area contributed by atoms with Crippen LogP contribution in [0.25, 0.3) is 6.08 Å². The fourth-order valence-electron chi connectivity index (χ4n) is 2.77. The van der Waals surface area contributed by atoms with Crippen molar-refractivity contribution >= 4 is 11.8 Å². The monoisotopic (exact) mass is 298 g/mol. The van der Waals surface area contributed by atoms with Crippen molar-refractivity contribution in [1.29, 1.82) is 0 Å². The predicted molar refractivity (Wildman–Crippen MR) is 89.4 cm³/mol. The molecule has 2 aromatic rings. The highest BCUT2D eigenvalue weighted by molar-refractivity contribution is 5.58. The summed E-state index contributed by atoms with van der Waals surface area (Å²) >= 11 is 0. The largest absolute Gasteiger partial charge is 0.495 e. The van der Waals surface area contributed by atoms with Gasteiger partial charge in [0.05, 0.1) is 19.1 Å². The van der Waals surface area contributed by atoms with Gasteiger partial charge in [-0.2, -0.15) is 0 Å². The molecule has 4 heteroatoms. The predicted octanol–water partition coefficient (Wildman–Crippen LogP) is 3.12. The van der Waals surface area contributed by atoms with E-state index in [9.17, 15) is 0 Å². The van der Waals surface area contributed by atoms with Crippen molar-refractivity contribution in [3.05, 3.63) is 54.5 Å². The summed E-state index contributed by atoms with van der Waals surface area (Å²) in [6.45, 7) is 5.12. The summed E-state index contributed by atoms with van der Waals surface area (Å²) in [6.07, 6.45) is 5.90. The van der Waals surface area contributed by atoms with Crippen molar-refractivity contribution in [2.45, 2.75) is 0 Å². The summed E-state index contributed by atoms with van der Waals surface area (Å²) in [6, 6.07) is 12.1. The summed E-state index contributed by atoms with van der Waals surface area (Å²) in [7, 11) is 1.73. The first kappa shape index (κ1) is 14.7. The molecular formula is C18H22N2O2. The molecule has 1 aliphatic heterocycles. The van der Waals surface area contributed by atoms with Crippen LogP contribution in [0.4, 0.5) is 5.69 Å². The minimum absolute atomic E-state index is 0.910. The zero-order valence-corrected chi connectivity index (χ0v) is 12.9. The molecule has 1 saturated heterocycles. The molecule has 0 unspecified atom stereocenters. The fraction of sp³-hybridized carbons (Fsp3) is 0.333. The quantitative estimate of drug-likeness (QED) is 0.848. The zero-order chi connectivity index (χ0) is 15.2. The molecule has 0 aliphatic carbocycles. The molecule has 0 spiro atoms. The number of nitrogens with zero attached hydrogens (tertiary/aromatic N) is 2. The molecule has 1 aliphatic rings. The Bertz CT molecular complexity index is 599. The van der Waals surface area contributed by atoms with Crippen molar-refractivity contribution in [3.63, 3.8) is 0 Å². The maximum atomic E-state index is 5.45. The Labute approximate surface area is 131 Å². The highest BCUT2D eigenvalue weighted by Crippen LogP contribution is 2.28. The Morgan fingerprint density at radius 3 is 2.64 bits per heavy atom. The lowest BCUT2D eigenvalue weighted by Gasteiger charge is -2.36. The molecule has 0 amide bonds. The van der Waals surface area contributed by atoms with E-state index in [-0.39, 0.29) is 0 Å². The first-order chi connectivity index (χ1) is 10.9. The molecule has 0 bridgehead atoms. The first-order valence-corrected chi connectivity index (χ1v) is 7.67. The number of methoxy groups -OCH3 is 1. The van der Waals surface area contributed by atoms with Gasteiger partial charge in [-0.3, -0.25) is 4.90 Å². The van der Waals surface area contributed by atoms with Crippen molar-refractivity contribution in [2.75, 3.05) is 44.7 Å².